The Labute approximate surface area is 117 Å². The standard InChI is InChI=1S/C16H14N4/c1-3-12-10-18-16-15(14(12)9-17)11(2)19-20(16)13-7-5-4-6-8-13/h4-8,10H,3H2,1-2H3. The quantitative estimate of drug-likeness (QED) is 0.712. The Bertz CT molecular complexity index is 810. The molecule has 3 aromatic rings. The van der Waals surface area contributed by atoms with E-state index in [2.05, 4.69) is 16.2 Å². The summed E-state index contributed by atoms with van der Waals surface area (Å²) in [5.41, 5.74) is 4.18. The van der Waals surface area contributed by atoms with Crippen molar-refractivity contribution in [3.8, 4) is 11.8 Å². The molecule has 0 N–H and O–H groups in total. The molecule has 0 aliphatic heterocycles. The van der Waals surface area contributed by atoms with Crippen LogP contribution < -0.4 is 0 Å². The predicted molar refractivity (Wildman–Crippen MR) is 77.7 cm³/mol. The third-order valence-electron chi connectivity index (χ3n) is 3.44. The number of fused-ring (bicyclic) bond motifs is 1. The molecule has 0 fully saturated rings. The van der Waals surface area contributed by atoms with Crippen LogP contribution in [0.1, 0.15) is 23.7 Å². The number of pyridine rings is 1. The lowest BCUT2D eigenvalue weighted by Gasteiger charge is -2.04. The lowest BCUT2D eigenvalue weighted by molar-refractivity contribution is 0.877. The molecule has 0 saturated carbocycles. The largest absolute Gasteiger partial charge is 0.236 e. The molecule has 0 aliphatic carbocycles. The zero-order valence-electron chi connectivity index (χ0n) is 11.5. The first-order chi connectivity index (χ1) is 9.76. The van der Waals surface area contributed by atoms with Gasteiger partial charge in [-0.1, -0.05) is 25.1 Å². The molecule has 0 aliphatic rings. The number of aryl methyl sites for hydroxylation is 2. The molecule has 0 saturated heterocycles. The van der Waals surface area contributed by atoms with Gasteiger partial charge in [0.15, 0.2) is 5.65 Å². The lowest BCUT2D eigenvalue weighted by Crippen LogP contribution is -1.98. The van der Waals surface area contributed by atoms with Gasteiger partial charge >= 0.3 is 0 Å². The summed E-state index contributed by atoms with van der Waals surface area (Å²) in [6, 6.07) is 12.1. The predicted octanol–water partition coefficient (Wildman–Crippen LogP) is 3.16. The van der Waals surface area contributed by atoms with Crippen LogP contribution in [-0.4, -0.2) is 14.8 Å². The second kappa shape index (κ2) is 4.78. The summed E-state index contributed by atoms with van der Waals surface area (Å²) in [7, 11) is 0. The van der Waals surface area contributed by atoms with E-state index in [4.69, 9.17) is 0 Å². The molecule has 2 aromatic heterocycles. The van der Waals surface area contributed by atoms with E-state index in [1.807, 2.05) is 44.2 Å². The summed E-state index contributed by atoms with van der Waals surface area (Å²) in [4.78, 5) is 4.51. The molecule has 4 nitrogen and oxygen atoms in total. The fourth-order valence-electron chi connectivity index (χ4n) is 2.44. The number of nitrogens with zero attached hydrogens (tertiary/aromatic N) is 4. The molecule has 20 heavy (non-hydrogen) atoms. The average molecular weight is 262 g/mol. The molecule has 0 unspecified atom stereocenters. The first-order valence-electron chi connectivity index (χ1n) is 6.59. The van der Waals surface area contributed by atoms with Crippen molar-refractivity contribution in [1.29, 1.82) is 5.26 Å². The molecule has 4 heteroatoms. The highest BCUT2D eigenvalue weighted by molar-refractivity contribution is 5.86. The smallest absolute Gasteiger partial charge is 0.164 e. The fourth-order valence-corrected chi connectivity index (χ4v) is 2.44. The number of benzene rings is 1. The van der Waals surface area contributed by atoms with Crippen molar-refractivity contribution in [2.24, 2.45) is 0 Å². The summed E-state index contributed by atoms with van der Waals surface area (Å²) in [5, 5.41) is 14.8. The minimum Gasteiger partial charge on any atom is -0.236 e. The van der Waals surface area contributed by atoms with Gasteiger partial charge < -0.3 is 0 Å². The first kappa shape index (κ1) is 12.4. The van der Waals surface area contributed by atoms with Gasteiger partial charge in [0.05, 0.1) is 22.3 Å². The Balaban J connectivity index is 2.37. The normalized spacial score (nSPS) is 10.7. The van der Waals surface area contributed by atoms with Crippen LogP contribution in [0.25, 0.3) is 16.7 Å². The Hall–Kier alpha value is -2.67. The molecule has 0 radical (unpaired) electrons. The zero-order valence-corrected chi connectivity index (χ0v) is 11.5. The van der Waals surface area contributed by atoms with Gasteiger partial charge in [-0.05, 0) is 31.0 Å². The highest BCUT2D eigenvalue weighted by atomic mass is 15.3. The molecule has 0 amide bonds. The maximum absolute atomic E-state index is 9.44. The van der Waals surface area contributed by atoms with E-state index < -0.39 is 0 Å². The third-order valence-corrected chi connectivity index (χ3v) is 3.44. The second-order valence-corrected chi connectivity index (χ2v) is 4.66. The lowest BCUT2D eigenvalue weighted by atomic mass is 10.0. The Morgan fingerprint density at radius 2 is 2.00 bits per heavy atom. The maximum atomic E-state index is 9.44. The molecule has 0 bridgehead atoms. The highest BCUT2D eigenvalue weighted by Gasteiger charge is 2.16. The molecule has 1 aromatic carbocycles. The van der Waals surface area contributed by atoms with Crippen molar-refractivity contribution >= 4 is 11.0 Å². The van der Waals surface area contributed by atoms with Crippen molar-refractivity contribution in [3.05, 3.63) is 53.3 Å². The summed E-state index contributed by atoms with van der Waals surface area (Å²) in [5.74, 6) is 0. The Morgan fingerprint density at radius 1 is 1.25 bits per heavy atom. The summed E-state index contributed by atoms with van der Waals surface area (Å²) in [6.07, 6.45) is 2.57. The third kappa shape index (κ3) is 1.76. The number of hydrogen-bond donors (Lipinski definition) is 0. The number of para-hydroxylation sites is 1. The van der Waals surface area contributed by atoms with Crippen molar-refractivity contribution in [2.75, 3.05) is 0 Å². The van der Waals surface area contributed by atoms with Crippen LogP contribution in [-0.2, 0) is 6.42 Å². The van der Waals surface area contributed by atoms with Crippen LogP contribution in [0, 0.1) is 18.3 Å². The highest BCUT2D eigenvalue weighted by Crippen LogP contribution is 2.25. The van der Waals surface area contributed by atoms with Gasteiger partial charge in [-0.15, -0.1) is 0 Å². The van der Waals surface area contributed by atoms with E-state index in [9.17, 15) is 5.26 Å². The molecule has 0 spiro atoms. The molecular formula is C16H14N4. The number of rotatable bonds is 2. The van der Waals surface area contributed by atoms with Crippen LogP contribution in [0.2, 0.25) is 0 Å². The summed E-state index contributed by atoms with van der Waals surface area (Å²) in [6.45, 7) is 3.95. The van der Waals surface area contributed by atoms with E-state index in [-0.39, 0.29) is 0 Å². The van der Waals surface area contributed by atoms with Gasteiger partial charge in [-0.3, -0.25) is 0 Å². The molecule has 3 rings (SSSR count). The fraction of sp³-hybridized carbons (Fsp3) is 0.188. The van der Waals surface area contributed by atoms with Crippen molar-refractivity contribution < 1.29 is 0 Å². The number of aromatic nitrogens is 3. The van der Waals surface area contributed by atoms with E-state index in [0.29, 0.717) is 5.56 Å². The maximum Gasteiger partial charge on any atom is 0.164 e. The van der Waals surface area contributed by atoms with Crippen LogP contribution >= 0.6 is 0 Å². The summed E-state index contributed by atoms with van der Waals surface area (Å²) < 4.78 is 1.80. The zero-order chi connectivity index (χ0) is 14.1. The Morgan fingerprint density at radius 3 is 2.65 bits per heavy atom. The van der Waals surface area contributed by atoms with Gasteiger partial charge in [-0.25, -0.2) is 9.67 Å². The monoisotopic (exact) mass is 262 g/mol. The number of hydrogen-bond acceptors (Lipinski definition) is 3. The second-order valence-electron chi connectivity index (χ2n) is 4.66. The van der Waals surface area contributed by atoms with Gasteiger partial charge in [0.25, 0.3) is 0 Å². The van der Waals surface area contributed by atoms with Crippen molar-refractivity contribution in [2.45, 2.75) is 20.3 Å². The van der Waals surface area contributed by atoms with Crippen LogP contribution in [0.4, 0.5) is 0 Å². The minimum absolute atomic E-state index is 0.692. The van der Waals surface area contributed by atoms with Gasteiger partial charge in [0.2, 0.25) is 0 Å². The topological polar surface area (TPSA) is 54.5 Å². The van der Waals surface area contributed by atoms with Crippen LogP contribution in [0.3, 0.4) is 0 Å². The van der Waals surface area contributed by atoms with E-state index in [1.165, 1.54) is 0 Å². The van der Waals surface area contributed by atoms with Crippen molar-refractivity contribution in [1.82, 2.24) is 14.8 Å². The average Bonchev–Trinajstić information content (AvgIpc) is 2.84. The van der Waals surface area contributed by atoms with Crippen molar-refractivity contribution in [3.63, 3.8) is 0 Å². The minimum atomic E-state index is 0.692. The summed E-state index contributed by atoms with van der Waals surface area (Å²) >= 11 is 0. The van der Waals surface area contributed by atoms with Gasteiger partial charge in [0.1, 0.15) is 6.07 Å². The SMILES string of the molecule is CCc1cnc2c(c(C)nn2-c2ccccc2)c1C#N. The Kier molecular flexibility index (Phi) is 2.96. The van der Waals surface area contributed by atoms with E-state index in [1.54, 1.807) is 10.9 Å². The van der Waals surface area contributed by atoms with E-state index >= 15 is 0 Å². The number of nitriles is 1. The molecular weight excluding hydrogens is 248 g/mol. The first-order valence-corrected chi connectivity index (χ1v) is 6.59. The van der Waals surface area contributed by atoms with Crippen LogP contribution in [0.15, 0.2) is 36.5 Å². The van der Waals surface area contributed by atoms with E-state index in [0.717, 1.165) is 34.4 Å². The molecule has 0 atom stereocenters. The molecule has 98 valence electrons. The van der Waals surface area contributed by atoms with Crippen LogP contribution in [0.5, 0.6) is 0 Å². The molecule has 2 heterocycles. The van der Waals surface area contributed by atoms with Gasteiger partial charge in [0, 0.05) is 6.20 Å². The van der Waals surface area contributed by atoms with Gasteiger partial charge in [-0.2, -0.15) is 10.4 Å².